The van der Waals surface area contributed by atoms with Crippen molar-refractivity contribution in [1.29, 1.82) is 0 Å². The van der Waals surface area contributed by atoms with E-state index in [0.29, 0.717) is 5.92 Å². The van der Waals surface area contributed by atoms with Crippen LogP contribution >= 0.6 is 24.8 Å². The van der Waals surface area contributed by atoms with Crippen LogP contribution in [0.3, 0.4) is 0 Å². The smallest absolute Gasteiger partial charge is 0.227 e. The van der Waals surface area contributed by atoms with E-state index in [2.05, 4.69) is 28.5 Å². The molecule has 0 bridgehead atoms. The van der Waals surface area contributed by atoms with Crippen molar-refractivity contribution in [3.05, 3.63) is 11.8 Å². The molecule has 6 nitrogen and oxygen atoms in total. The monoisotopic (exact) mass is 391 g/mol. The van der Waals surface area contributed by atoms with Crippen LogP contribution in [0.25, 0.3) is 0 Å². The molecule has 2 saturated heterocycles. The maximum atomic E-state index is 5.62. The van der Waals surface area contributed by atoms with Crippen LogP contribution in [-0.2, 0) is 11.2 Å². The van der Waals surface area contributed by atoms with Crippen molar-refractivity contribution in [2.24, 2.45) is 5.92 Å². The summed E-state index contributed by atoms with van der Waals surface area (Å²) in [5.74, 6) is 2.32. The van der Waals surface area contributed by atoms with E-state index in [9.17, 15) is 0 Å². The van der Waals surface area contributed by atoms with E-state index in [1.54, 1.807) is 0 Å². The van der Waals surface area contributed by atoms with Crippen LogP contribution in [0, 0.1) is 5.92 Å². The van der Waals surface area contributed by atoms with Crippen molar-refractivity contribution in [3.63, 3.8) is 0 Å². The third-order valence-corrected chi connectivity index (χ3v) is 4.55. The average Bonchev–Trinajstić information content (AvgIpc) is 2.89. The van der Waals surface area contributed by atoms with E-state index < -0.39 is 0 Å². The molecule has 1 atom stereocenters. The first-order valence-corrected chi connectivity index (χ1v) is 9.00. The summed E-state index contributed by atoms with van der Waals surface area (Å²) in [6.45, 7) is 8.75. The first-order valence-electron chi connectivity index (χ1n) is 9.00. The van der Waals surface area contributed by atoms with Gasteiger partial charge in [0.15, 0.2) is 0 Å². The molecule has 0 aliphatic carbocycles. The summed E-state index contributed by atoms with van der Waals surface area (Å²) in [6.07, 6.45) is 4.75. The number of nitrogens with zero attached hydrogens (tertiary/aromatic N) is 3. The minimum absolute atomic E-state index is 0. The molecule has 144 valence electrons. The van der Waals surface area contributed by atoms with Gasteiger partial charge in [-0.25, -0.2) is 4.98 Å². The molecule has 8 heteroatoms. The first kappa shape index (κ1) is 22.2. The highest BCUT2D eigenvalue weighted by atomic mass is 35.5. The number of ether oxygens (including phenoxy) is 1. The van der Waals surface area contributed by atoms with Crippen LogP contribution in [-0.4, -0.2) is 55.9 Å². The number of aryl methyl sites for hydroxylation is 1. The normalized spacial score (nSPS) is 20.8. The number of nitrogens with one attached hydrogen (secondary N) is 2. The quantitative estimate of drug-likeness (QED) is 0.803. The minimum atomic E-state index is 0. The Labute approximate surface area is 163 Å². The number of piperidine rings is 1. The Kier molecular flexibility index (Phi) is 10.4. The van der Waals surface area contributed by atoms with Crippen LogP contribution < -0.4 is 15.5 Å². The standard InChI is InChI=1S/C17H29N5O.2ClH/c1-2-15-10-16(19-12-14-11-18-6-9-23-13-14)21-17(20-15)22-7-4-3-5-8-22;;/h10,14,18H,2-9,11-13H2,1H3,(H,19,20,21);2*1H. The Bertz CT molecular complexity index is 492. The summed E-state index contributed by atoms with van der Waals surface area (Å²) in [5.41, 5.74) is 1.11. The van der Waals surface area contributed by atoms with Crippen LogP contribution in [0.4, 0.5) is 11.8 Å². The van der Waals surface area contributed by atoms with E-state index in [1.165, 1.54) is 19.3 Å². The summed E-state index contributed by atoms with van der Waals surface area (Å²) in [7, 11) is 0. The highest BCUT2D eigenvalue weighted by Crippen LogP contribution is 2.19. The highest BCUT2D eigenvalue weighted by molar-refractivity contribution is 5.85. The molecule has 0 spiro atoms. The second-order valence-corrected chi connectivity index (χ2v) is 6.47. The van der Waals surface area contributed by atoms with Gasteiger partial charge in [-0.2, -0.15) is 4.98 Å². The molecule has 0 amide bonds. The molecule has 0 aromatic carbocycles. The molecule has 1 aromatic rings. The molecule has 1 aromatic heterocycles. The van der Waals surface area contributed by atoms with Gasteiger partial charge >= 0.3 is 0 Å². The third-order valence-electron chi connectivity index (χ3n) is 4.55. The lowest BCUT2D eigenvalue weighted by molar-refractivity contribution is 0.127. The maximum Gasteiger partial charge on any atom is 0.227 e. The Morgan fingerprint density at radius 2 is 2.04 bits per heavy atom. The molecule has 3 rings (SSSR count). The average molecular weight is 392 g/mol. The molecule has 2 N–H and O–H groups in total. The Morgan fingerprint density at radius 3 is 2.80 bits per heavy atom. The highest BCUT2D eigenvalue weighted by Gasteiger charge is 2.16. The second-order valence-electron chi connectivity index (χ2n) is 6.47. The summed E-state index contributed by atoms with van der Waals surface area (Å²) in [6, 6.07) is 2.08. The molecular weight excluding hydrogens is 361 g/mol. The summed E-state index contributed by atoms with van der Waals surface area (Å²) < 4.78 is 5.62. The third kappa shape index (κ3) is 6.77. The zero-order valence-corrected chi connectivity index (χ0v) is 16.6. The Balaban J connectivity index is 0.00000156. The number of hydrogen-bond acceptors (Lipinski definition) is 6. The van der Waals surface area contributed by atoms with Gasteiger partial charge in [0.2, 0.25) is 5.95 Å². The van der Waals surface area contributed by atoms with E-state index in [0.717, 1.165) is 69.8 Å². The van der Waals surface area contributed by atoms with Crippen LogP contribution in [0.5, 0.6) is 0 Å². The van der Waals surface area contributed by atoms with Gasteiger partial charge in [-0.1, -0.05) is 6.92 Å². The topological polar surface area (TPSA) is 62.3 Å². The SMILES string of the molecule is CCc1cc(NCC2CNCCOC2)nc(N2CCCCC2)n1.Cl.Cl. The number of halogens is 2. The minimum Gasteiger partial charge on any atom is -0.380 e. The van der Waals surface area contributed by atoms with Crippen molar-refractivity contribution in [2.75, 3.05) is 56.2 Å². The van der Waals surface area contributed by atoms with Gasteiger partial charge in [-0.3, -0.25) is 0 Å². The van der Waals surface area contributed by atoms with Gasteiger partial charge in [0, 0.05) is 50.4 Å². The predicted octanol–water partition coefficient (Wildman–Crippen LogP) is 2.52. The second kappa shape index (κ2) is 11.7. The molecule has 2 aliphatic heterocycles. The lowest BCUT2D eigenvalue weighted by Crippen LogP contribution is -2.32. The largest absolute Gasteiger partial charge is 0.380 e. The van der Waals surface area contributed by atoms with Crippen LogP contribution in [0.1, 0.15) is 31.9 Å². The van der Waals surface area contributed by atoms with E-state index in [-0.39, 0.29) is 24.8 Å². The van der Waals surface area contributed by atoms with Crippen molar-refractivity contribution in [2.45, 2.75) is 32.6 Å². The molecule has 2 aliphatic rings. The lowest BCUT2D eigenvalue weighted by atomic mass is 10.1. The number of rotatable bonds is 5. The van der Waals surface area contributed by atoms with Gasteiger partial charge < -0.3 is 20.3 Å². The van der Waals surface area contributed by atoms with E-state index in [1.807, 2.05) is 0 Å². The van der Waals surface area contributed by atoms with Crippen LogP contribution in [0.2, 0.25) is 0 Å². The lowest BCUT2D eigenvalue weighted by Gasteiger charge is -2.27. The van der Waals surface area contributed by atoms with Crippen molar-refractivity contribution in [1.82, 2.24) is 15.3 Å². The molecular formula is C17H31Cl2N5O. The Morgan fingerprint density at radius 1 is 1.24 bits per heavy atom. The number of anilines is 2. The molecule has 0 radical (unpaired) electrons. The molecule has 0 saturated carbocycles. The maximum absolute atomic E-state index is 5.62. The predicted molar refractivity (Wildman–Crippen MR) is 108 cm³/mol. The molecule has 3 heterocycles. The zero-order valence-electron chi connectivity index (χ0n) is 15.0. The van der Waals surface area contributed by atoms with Gasteiger partial charge in [0.05, 0.1) is 13.2 Å². The summed E-state index contributed by atoms with van der Waals surface area (Å²) in [5, 5.41) is 6.91. The van der Waals surface area contributed by atoms with Crippen molar-refractivity contribution < 1.29 is 4.74 Å². The molecule has 2 fully saturated rings. The van der Waals surface area contributed by atoms with E-state index in [4.69, 9.17) is 14.7 Å². The fourth-order valence-electron chi connectivity index (χ4n) is 3.13. The zero-order chi connectivity index (χ0) is 15.9. The van der Waals surface area contributed by atoms with Gasteiger partial charge in [0.1, 0.15) is 5.82 Å². The Hall–Kier alpha value is -0.820. The fourth-order valence-corrected chi connectivity index (χ4v) is 3.13. The number of hydrogen-bond donors (Lipinski definition) is 2. The number of aromatic nitrogens is 2. The van der Waals surface area contributed by atoms with Gasteiger partial charge in [-0.05, 0) is 25.7 Å². The summed E-state index contributed by atoms with van der Waals surface area (Å²) in [4.78, 5) is 11.8. The van der Waals surface area contributed by atoms with Gasteiger partial charge in [0.25, 0.3) is 0 Å². The fraction of sp³-hybridized carbons (Fsp3) is 0.765. The molecule has 1 unspecified atom stereocenters. The van der Waals surface area contributed by atoms with Crippen LogP contribution in [0.15, 0.2) is 6.07 Å². The van der Waals surface area contributed by atoms with Gasteiger partial charge in [-0.15, -0.1) is 24.8 Å². The molecule has 25 heavy (non-hydrogen) atoms. The summed E-state index contributed by atoms with van der Waals surface area (Å²) >= 11 is 0. The van der Waals surface area contributed by atoms with Crippen molar-refractivity contribution >= 4 is 36.6 Å². The van der Waals surface area contributed by atoms with Crippen molar-refractivity contribution in [3.8, 4) is 0 Å². The first-order chi connectivity index (χ1) is 11.3. The van der Waals surface area contributed by atoms with E-state index >= 15 is 0 Å².